The first-order valence-electron chi connectivity index (χ1n) is 7.29. The van der Waals surface area contributed by atoms with Crippen molar-refractivity contribution >= 4 is 6.16 Å². The minimum absolute atomic E-state index is 0.258. The summed E-state index contributed by atoms with van der Waals surface area (Å²) >= 11 is 0. The van der Waals surface area contributed by atoms with Crippen LogP contribution < -0.4 is 4.74 Å². The Kier molecular flexibility index (Phi) is 6.01. The SMILES string of the molecule is CCCOC(=O)OC(C#N)c1cccc(Oc2ccccc2)c1. The molecule has 1 atom stereocenters. The van der Waals surface area contributed by atoms with Gasteiger partial charge in [-0.25, -0.2) is 4.79 Å². The summed E-state index contributed by atoms with van der Waals surface area (Å²) < 4.78 is 15.5. The molecule has 5 heteroatoms. The van der Waals surface area contributed by atoms with E-state index in [0.29, 0.717) is 23.5 Å². The average Bonchev–Trinajstić information content (AvgIpc) is 2.59. The van der Waals surface area contributed by atoms with Gasteiger partial charge in [0.15, 0.2) is 0 Å². The molecule has 0 aliphatic rings. The van der Waals surface area contributed by atoms with Gasteiger partial charge in [0, 0.05) is 5.56 Å². The average molecular weight is 311 g/mol. The molecule has 0 aromatic heterocycles. The van der Waals surface area contributed by atoms with E-state index >= 15 is 0 Å². The fourth-order valence-electron chi connectivity index (χ4n) is 1.85. The largest absolute Gasteiger partial charge is 0.509 e. The van der Waals surface area contributed by atoms with Gasteiger partial charge in [-0.15, -0.1) is 0 Å². The van der Waals surface area contributed by atoms with Crippen molar-refractivity contribution in [1.82, 2.24) is 0 Å². The van der Waals surface area contributed by atoms with Gasteiger partial charge in [-0.1, -0.05) is 37.3 Å². The number of nitrogens with zero attached hydrogens (tertiary/aromatic N) is 1. The molecule has 0 saturated carbocycles. The van der Waals surface area contributed by atoms with Crippen LogP contribution in [0.3, 0.4) is 0 Å². The maximum atomic E-state index is 11.5. The van der Waals surface area contributed by atoms with Gasteiger partial charge in [0.1, 0.15) is 17.6 Å². The third-order valence-corrected chi connectivity index (χ3v) is 2.90. The van der Waals surface area contributed by atoms with Crippen molar-refractivity contribution in [2.24, 2.45) is 0 Å². The van der Waals surface area contributed by atoms with Crippen molar-refractivity contribution < 1.29 is 19.0 Å². The van der Waals surface area contributed by atoms with E-state index in [0.717, 1.165) is 0 Å². The number of benzene rings is 2. The zero-order chi connectivity index (χ0) is 16.5. The van der Waals surface area contributed by atoms with Crippen molar-refractivity contribution in [2.75, 3.05) is 6.61 Å². The third-order valence-electron chi connectivity index (χ3n) is 2.90. The molecule has 0 heterocycles. The molecule has 2 aromatic carbocycles. The monoisotopic (exact) mass is 311 g/mol. The molecule has 0 saturated heterocycles. The van der Waals surface area contributed by atoms with Crippen LogP contribution in [0.5, 0.6) is 11.5 Å². The molecule has 0 aliphatic carbocycles. The quantitative estimate of drug-likeness (QED) is 0.729. The maximum Gasteiger partial charge on any atom is 0.509 e. The lowest BCUT2D eigenvalue weighted by Gasteiger charge is -2.12. The number of hydrogen-bond donors (Lipinski definition) is 0. The standard InChI is InChI=1S/C18H17NO4/c1-2-11-21-18(20)23-17(13-19)14-7-6-10-16(12-14)22-15-8-4-3-5-9-15/h3-10,12,17H,2,11H2,1H3. The number of carbonyl (C=O) groups is 1. The molecular weight excluding hydrogens is 294 g/mol. The second-order valence-electron chi connectivity index (χ2n) is 4.71. The van der Waals surface area contributed by atoms with E-state index in [1.807, 2.05) is 43.3 Å². The molecule has 0 bridgehead atoms. The molecule has 2 aromatic rings. The predicted molar refractivity (Wildman–Crippen MR) is 84.0 cm³/mol. The fraction of sp³-hybridized carbons (Fsp3) is 0.222. The molecule has 5 nitrogen and oxygen atoms in total. The first kappa shape index (κ1) is 16.4. The highest BCUT2D eigenvalue weighted by Crippen LogP contribution is 2.26. The number of ether oxygens (including phenoxy) is 3. The van der Waals surface area contributed by atoms with Gasteiger partial charge in [0.05, 0.1) is 6.61 Å². The molecule has 0 amide bonds. The van der Waals surface area contributed by atoms with E-state index in [9.17, 15) is 10.1 Å². The lowest BCUT2D eigenvalue weighted by atomic mass is 10.1. The summed E-state index contributed by atoms with van der Waals surface area (Å²) in [7, 11) is 0. The number of hydrogen-bond acceptors (Lipinski definition) is 5. The number of para-hydroxylation sites is 1. The molecule has 2 rings (SSSR count). The summed E-state index contributed by atoms with van der Waals surface area (Å²) in [6, 6.07) is 18.1. The second-order valence-corrected chi connectivity index (χ2v) is 4.71. The second kappa shape index (κ2) is 8.44. The fourth-order valence-corrected chi connectivity index (χ4v) is 1.85. The highest BCUT2D eigenvalue weighted by Gasteiger charge is 2.17. The topological polar surface area (TPSA) is 68.5 Å². The van der Waals surface area contributed by atoms with Crippen molar-refractivity contribution in [1.29, 1.82) is 5.26 Å². The van der Waals surface area contributed by atoms with Gasteiger partial charge < -0.3 is 14.2 Å². The predicted octanol–water partition coefficient (Wildman–Crippen LogP) is 4.61. The van der Waals surface area contributed by atoms with Crippen LogP contribution in [-0.2, 0) is 9.47 Å². The molecule has 1 unspecified atom stereocenters. The van der Waals surface area contributed by atoms with Gasteiger partial charge in [-0.3, -0.25) is 0 Å². The van der Waals surface area contributed by atoms with Crippen LogP contribution >= 0.6 is 0 Å². The van der Waals surface area contributed by atoms with Gasteiger partial charge in [0.2, 0.25) is 6.10 Å². The van der Waals surface area contributed by atoms with Gasteiger partial charge in [-0.05, 0) is 30.7 Å². The molecule has 0 aliphatic heterocycles. The van der Waals surface area contributed by atoms with E-state index in [4.69, 9.17) is 14.2 Å². The zero-order valence-corrected chi connectivity index (χ0v) is 12.8. The number of carbonyl (C=O) groups excluding carboxylic acids is 1. The molecule has 0 N–H and O–H groups in total. The van der Waals surface area contributed by atoms with E-state index in [1.165, 1.54) is 0 Å². The molecule has 118 valence electrons. The van der Waals surface area contributed by atoms with E-state index in [-0.39, 0.29) is 6.61 Å². The van der Waals surface area contributed by atoms with Gasteiger partial charge in [-0.2, -0.15) is 5.26 Å². The first-order valence-corrected chi connectivity index (χ1v) is 7.29. The number of nitriles is 1. The summed E-state index contributed by atoms with van der Waals surface area (Å²) in [5.41, 5.74) is 0.523. The number of rotatable bonds is 6. The third kappa shape index (κ3) is 5.04. The molecule has 23 heavy (non-hydrogen) atoms. The normalized spacial score (nSPS) is 11.1. The molecule has 0 spiro atoms. The summed E-state index contributed by atoms with van der Waals surface area (Å²) in [5, 5.41) is 9.21. The van der Waals surface area contributed by atoms with E-state index < -0.39 is 12.3 Å². The van der Waals surface area contributed by atoms with Crippen molar-refractivity contribution in [2.45, 2.75) is 19.4 Å². The maximum absolute atomic E-state index is 11.5. The van der Waals surface area contributed by atoms with Crippen LogP contribution in [0.15, 0.2) is 54.6 Å². The summed E-state index contributed by atoms with van der Waals surface area (Å²) in [4.78, 5) is 11.5. The lowest BCUT2D eigenvalue weighted by molar-refractivity contribution is 0.0388. The smallest absolute Gasteiger partial charge is 0.457 e. The Morgan fingerprint density at radius 3 is 2.57 bits per heavy atom. The van der Waals surface area contributed by atoms with Crippen molar-refractivity contribution in [3.63, 3.8) is 0 Å². The van der Waals surface area contributed by atoms with Crippen LogP contribution in [0.25, 0.3) is 0 Å². The minimum atomic E-state index is -1.04. The molecule has 0 radical (unpaired) electrons. The Bertz CT molecular complexity index is 679. The van der Waals surface area contributed by atoms with E-state index in [1.54, 1.807) is 24.3 Å². The highest BCUT2D eigenvalue weighted by molar-refractivity contribution is 5.60. The Balaban J connectivity index is 2.08. The molecular formula is C18H17NO4. The lowest BCUT2D eigenvalue weighted by Crippen LogP contribution is -2.12. The van der Waals surface area contributed by atoms with Gasteiger partial charge >= 0.3 is 6.16 Å². The van der Waals surface area contributed by atoms with Crippen LogP contribution in [0.4, 0.5) is 4.79 Å². The van der Waals surface area contributed by atoms with Crippen LogP contribution in [0.2, 0.25) is 0 Å². The van der Waals surface area contributed by atoms with Crippen LogP contribution in [-0.4, -0.2) is 12.8 Å². The summed E-state index contributed by atoms with van der Waals surface area (Å²) in [6.45, 7) is 2.13. The minimum Gasteiger partial charge on any atom is -0.457 e. The van der Waals surface area contributed by atoms with Crippen molar-refractivity contribution in [3.8, 4) is 17.6 Å². The Hall–Kier alpha value is -3.00. The van der Waals surface area contributed by atoms with Crippen LogP contribution in [0, 0.1) is 11.3 Å². The summed E-state index contributed by atoms with van der Waals surface area (Å²) in [5.74, 6) is 1.24. The first-order chi connectivity index (χ1) is 11.2. The van der Waals surface area contributed by atoms with E-state index in [2.05, 4.69) is 0 Å². The molecule has 0 fully saturated rings. The highest BCUT2D eigenvalue weighted by atomic mass is 16.7. The van der Waals surface area contributed by atoms with Crippen molar-refractivity contribution in [3.05, 3.63) is 60.2 Å². The Morgan fingerprint density at radius 2 is 1.87 bits per heavy atom. The van der Waals surface area contributed by atoms with Gasteiger partial charge in [0.25, 0.3) is 0 Å². The summed E-state index contributed by atoms with van der Waals surface area (Å²) in [6.07, 6.45) is -1.21. The zero-order valence-electron chi connectivity index (χ0n) is 12.8. The Morgan fingerprint density at radius 1 is 1.13 bits per heavy atom. The Labute approximate surface area is 135 Å². The van der Waals surface area contributed by atoms with Crippen LogP contribution in [0.1, 0.15) is 25.0 Å².